The van der Waals surface area contributed by atoms with E-state index in [-0.39, 0.29) is 5.91 Å². The van der Waals surface area contributed by atoms with Gasteiger partial charge in [0.05, 0.1) is 0 Å². The molecule has 4 aromatic rings. The molecule has 1 fully saturated rings. The number of aryl methyl sites for hydroxylation is 1. The fraction of sp³-hybridized carbons (Fsp3) is 0.357. The molecule has 0 spiro atoms. The molecule has 2 aromatic heterocycles. The number of anilines is 1. The number of rotatable bonds is 10. The lowest BCUT2D eigenvalue weighted by molar-refractivity contribution is 0.102. The summed E-state index contributed by atoms with van der Waals surface area (Å²) in [6.07, 6.45) is 7.05. The molecule has 1 amide bonds. The summed E-state index contributed by atoms with van der Waals surface area (Å²) in [4.78, 5) is 19.2. The second-order valence-electron chi connectivity index (χ2n) is 9.35. The maximum Gasteiger partial charge on any atom is 0.261 e. The van der Waals surface area contributed by atoms with Gasteiger partial charge in [0.2, 0.25) is 0 Å². The molecule has 0 atom stereocenters. The van der Waals surface area contributed by atoms with Gasteiger partial charge in [-0.2, -0.15) is 0 Å². The lowest BCUT2D eigenvalue weighted by atomic mass is 10.1. The third-order valence-electron chi connectivity index (χ3n) is 6.61. The van der Waals surface area contributed by atoms with Gasteiger partial charge in [0.25, 0.3) is 5.91 Å². The number of nitrogens with zero attached hydrogens (tertiary/aromatic N) is 2. The summed E-state index contributed by atoms with van der Waals surface area (Å²) in [5.41, 5.74) is 5.02. The Morgan fingerprint density at radius 1 is 1.18 bits per heavy atom. The van der Waals surface area contributed by atoms with Gasteiger partial charge in [0, 0.05) is 41.4 Å². The molecule has 6 nitrogen and oxygen atoms in total. The summed E-state index contributed by atoms with van der Waals surface area (Å²) >= 11 is 0. The minimum atomic E-state index is -0.215. The summed E-state index contributed by atoms with van der Waals surface area (Å²) < 4.78 is 5.37. The molecule has 0 saturated heterocycles. The molecule has 34 heavy (non-hydrogen) atoms. The third kappa shape index (κ3) is 4.92. The number of amides is 1. The SMILES string of the molecule is CCCN(CCc1c[nH]c2ccc(NC(=O)c3c(-c4ccccc4)noc3C)cc12)CC1CC1. The number of H-pyrrole nitrogens is 1. The van der Waals surface area contributed by atoms with Crippen LogP contribution in [0.15, 0.2) is 59.3 Å². The number of fused-ring (bicyclic) bond motifs is 1. The highest BCUT2D eigenvalue weighted by molar-refractivity contribution is 6.09. The van der Waals surface area contributed by atoms with Gasteiger partial charge < -0.3 is 19.7 Å². The number of carbonyl (C=O) groups excluding carboxylic acids is 1. The zero-order valence-electron chi connectivity index (χ0n) is 19.9. The number of nitrogens with one attached hydrogen (secondary N) is 2. The van der Waals surface area contributed by atoms with E-state index in [0.29, 0.717) is 17.0 Å². The molecule has 0 bridgehead atoms. The number of aromatic amines is 1. The fourth-order valence-corrected chi connectivity index (χ4v) is 4.64. The summed E-state index contributed by atoms with van der Waals surface area (Å²) in [6.45, 7) is 7.46. The monoisotopic (exact) mass is 456 g/mol. The molecule has 176 valence electrons. The van der Waals surface area contributed by atoms with E-state index < -0.39 is 0 Å². The van der Waals surface area contributed by atoms with Crippen LogP contribution in [0.5, 0.6) is 0 Å². The van der Waals surface area contributed by atoms with Crippen LogP contribution in [0.25, 0.3) is 22.2 Å². The van der Waals surface area contributed by atoms with Crippen molar-refractivity contribution in [3.05, 3.63) is 71.6 Å². The van der Waals surface area contributed by atoms with Crippen LogP contribution in [0.4, 0.5) is 5.69 Å². The van der Waals surface area contributed by atoms with E-state index in [1.165, 1.54) is 31.4 Å². The van der Waals surface area contributed by atoms with Gasteiger partial charge >= 0.3 is 0 Å². The third-order valence-corrected chi connectivity index (χ3v) is 6.61. The van der Waals surface area contributed by atoms with Crippen molar-refractivity contribution in [1.82, 2.24) is 15.0 Å². The van der Waals surface area contributed by atoms with Crippen LogP contribution in [0.3, 0.4) is 0 Å². The Bertz CT molecular complexity index is 1270. The largest absolute Gasteiger partial charge is 0.361 e. The number of aromatic nitrogens is 2. The van der Waals surface area contributed by atoms with Crippen molar-refractivity contribution in [2.24, 2.45) is 5.92 Å². The molecule has 2 aromatic carbocycles. The van der Waals surface area contributed by atoms with Crippen LogP contribution in [-0.4, -0.2) is 40.6 Å². The van der Waals surface area contributed by atoms with Crippen molar-refractivity contribution in [3.63, 3.8) is 0 Å². The minimum Gasteiger partial charge on any atom is -0.361 e. The maximum atomic E-state index is 13.2. The number of hydrogen-bond donors (Lipinski definition) is 2. The number of carbonyl (C=O) groups is 1. The second kappa shape index (κ2) is 9.85. The van der Waals surface area contributed by atoms with Crippen LogP contribution in [-0.2, 0) is 6.42 Å². The van der Waals surface area contributed by atoms with Gasteiger partial charge in [-0.3, -0.25) is 4.79 Å². The highest BCUT2D eigenvalue weighted by Crippen LogP contribution is 2.30. The molecular weight excluding hydrogens is 424 g/mol. The first-order chi connectivity index (χ1) is 16.6. The average Bonchev–Trinajstić information content (AvgIpc) is 3.44. The highest BCUT2D eigenvalue weighted by atomic mass is 16.5. The van der Waals surface area contributed by atoms with Gasteiger partial charge in [-0.25, -0.2) is 0 Å². The first kappa shape index (κ1) is 22.4. The Balaban J connectivity index is 1.33. The first-order valence-electron chi connectivity index (χ1n) is 12.3. The van der Waals surface area contributed by atoms with Crippen molar-refractivity contribution in [2.75, 3.05) is 25.0 Å². The Hall–Kier alpha value is -3.38. The summed E-state index contributed by atoms with van der Waals surface area (Å²) in [7, 11) is 0. The van der Waals surface area contributed by atoms with E-state index in [4.69, 9.17) is 4.52 Å². The summed E-state index contributed by atoms with van der Waals surface area (Å²) in [5, 5.41) is 8.36. The minimum absolute atomic E-state index is 0.215. The van der Waals surface area contributed by atoms with E-state index >= 15 is 0 Å². The van der Waals surface area contributed by atoms with Crippen LogP contribution in [0.2, 0.25) is 0 Å². The molecule has 0 aliphatic heterocycles. The summed E-state index contributed by atoms with van der Waals surface area (Å²) in [6, 6.07) is 15.7. The molecule has 6 heteroatoms. The predicted molar refractivity (Wildman–Crippen MR) is 136 cm³/mol. The Kier molecular flexibility index (Phi) is 6.50. The van der Waals surface area contributed by atoms with Crippen molar-refractivity contribution in [2.45, 2.75) is 39.5 Å². The van der Waals surface area contributed by atoms with Crippen LogP contribution < -0.4 is 5.32 Å². The fourth-order valence-electron chi connectivity index (χ4n) is 4.64. The van der Waals surface area contributed by atoms with Crippen molar-refractivity contribution in [3.8, 4) is 11.3 Å². The molecule has 2 N–H and O–H groups in total. The molecule has 0 unspecified atom stereocenters. The van der Waals surface area contributed by atoms with Gasteiger partial charge in [0.1, 0.15) is 17.0 Å². The van der Waals surface area contributed by atoms with Gasteiger partial charge in [-0.1, -0.05) is 42.4 Å². The lowest BCUT2D eigenvalue weighted by Gasteiger charge is -2.21. The van der Waals surface area contributed by atoms with Crippen LogP contribution in [0.1, 0.15) is 47.9 Å². The van der Waals surface area contributed by atoms with Gasteiger partial charge in [0.15, 0.2) is 0 Å². The predicted octanol–water partition coefficient (Wildman–Crippen LogP) is 6.05. The van der Waals surface area contributed by atoms with E-state index in [1.807, 2.05) is 42.5 Å². The molecule has 1 saturated carbocycles. The Morgan fingerprint density at radius 3 is 2.76 bits per heavy atom. The highest BCUT2D eigenvalue weighted by Gasteiger charge is 2.24. The number of benzene rings is 2. The standard InChI is InChI=1S/C28H32N4O2/c1-3-14-32(18-20-9-10-20)15-13-22-17-29-25-12-11-23(16-24(22)25)30-28(33)26-19(2)34-31-27(26)21-7-5-4-6-8-21/h4-8,11-12,16-17,20,29H,3,9-10,13-15,18H2,1-2H3,(H,30,33). The second-order valence-corrected chi connectivity index (χ2v) is 9.35. The summed E-state index contributed by atoms with van der Waals surface area (Å²) in [5.74, 6) is 1.19. The van der Waals surface area contributed by atoms with Crippen molar-refractivity contribution >= 4 is 22.5 Å². The van der Waals surface area contributed by atoms with E-state index in [2.05, 4.69) is 39.5 Å². The Morgan fingerprint density at radius 2 is 2.00 bits per heavy atom. The Labute approximate surface area is 200 Å². The molecule has 1 aliphatic carbocycles. The zero-order chi connectivity index (χ0) is 23.5. The quantitative estimate of drug-likeness (QED) is 0.305. The zero-order valence-corrected chi connectivity index (χ0v) is 19.9. The van der Waals surface area contributed by atoms with Crippen LogP contribution in [0, 0.1) is 12.8 Å². The topological polar surface area (TPSA) is 74.2 Å². The van der Waals surface area contributed by atoms with Gasteiger partial charge in [-0.15, -0.1) is 0 Å². The maximum absolute atomic E-state index is 13.2. The number of hydrogen-bond acceptors (Lipinski definition) is 4. The molecule has 0 radical (unpaired) electrons. The van der Waals surface area contributed by atoms with E-state index in [9.17, 15) is 4.79 Å². The molecular formula is C28H32N4O2. The smallest absolute Gasteiger partial charge is 0.261 e. The van der Waals surface area contributed by atoms with Crippen molar-refractivity contribution in [1.29, 1.82) is 0 Å². The average molecular weight is 457 g/mol. The lowest BCUT2D eigenvalue weighted by Crippen LogP contribution is -2.29. The molecule has 1 aliphatic rings. The van der Waals surface area contributed by atoms with Crippen LogP contribution >= 0.6 is 0 Å². The van der Waals surface area contributed by atoms with Crippen molar-refractivity contribution < 1.29 is 9.32 Å². The van der Waals surface area contributed by atoms with Gasteiger partial charge in [-0.05, 0) is 68.8 Å². The van der Waals surface area contributed by atoms with E-state index in [1.54, 1.807) is 6.92 Å². The van der Waals surface area contributed by atoms with E-state index in [0.717, 1.165) is 47.6 Å². The molecule has 2 heterocycles. The first-order valence-corrected chi connectivity index (χ1v) is 12.3. The normalized spacial score (nSPS) is 13.6. The molecule has 5 rings (SSSR count).